The van der Waals surface area contributed by atoms with Gasteiger partial charge in [0.2, 0.25) is 0 Å². The number of hydrogen-bond acceptors (Lipinski definition) is 9. The van der Waals surface area contributed by atoms with E-state index in [0.717, 1.165) is 9.58 Å². The minimum atomic E-state index is -0.856. The standard InChI is InChI=1S/C20H16N4O5S2/c1-10-12(21-19(27)28-9-11-5-3-2-4-6-11)13(24-29-10)15-22-14-16(30-15)31-17(23-14)20(7-8-20)18(25)26/h2-6H,7-9H2,1H3,(H,21,27)(H,25,26). The lowest BCUT2D eigenvalue weighted by Crippen LogP contribution is -2.18. The van der Waals surface area contributed by atoms with Crippen molar-refractivity contribution >= 4 is 50.1 Å². The average molecular weight is 457 g/mol. The van der Waals surface area contributed by atoms with Crippen molar-refractivity contribution in [3.05, 3.63) is 46.7 Å². The molecule has 3 heterocycles. The second kappa shape index (κ2) is 7.43. The molecule has 31 heavy (non-hydrogen) atoms. The van der Waals surface area contributed by atoms with Gasteiger partial charge in [0.05, 0.1) is 0 Å². The maximum absolute atomic E-state index is 12.3. The van der Waals surface area contributed by atoms with E-state index in [-0.39, 0.29) is 6.61 Å². The molecule has 5 rings (SSSR count). The number of benzene rings is 1. The van der Waals surface area contributed by atoms with Crippen molar-refractivity contribution in [1.29, 1.82) is 0 Å². The smallest absolute Gasteiger partial charge is 0.412 e. The van der Waals surface area contributed by atoms with Crippen LogP contribution in [-0.4, -0.2) is 32.3 Å². The number of carbonyl (C=O) groups is 2. The number of amides is 1. The van der Waals surface area contributed by atoms with Crippen molar-refractivity contribution in [2.75, 3.05) is 5.32 Å². The molecule has 11 heteroatoms. The molecule has 0 radical (unpaired) electrons. The van der Waals surface area contributed by atoms with Gasteiger partial charge in [-0.05, 0) is 25.3 Å². The van der Waals surface area contributed by atoms with Crippen LogP contribution < -0.4 is 5.32 Å². The fraction of sp³-hybridized carbons (Fsp3) is 0.250. The zero-order valence-corrected chi connectivity index (χ0v) is 17.9. The minimum Gasteiger partial charge on any atom is -0.481 e. The van der Waals surface area contributed by atoms with E-state index in [1.165, 1.54) is 22.7 Å². The fourth-order valence-corrected chi connectivity index (χ4v) is 5.46. The molecule has 4 aromatic rings. The van der Waals surface area contributed by atoms with E-state index in [0.29, 0.717) is 45.6 Å². The summed E-state index contributed by atoms with van der Waals surface area (Å²) in [7, 11) is 0. The van der Waals surface area contributed by atoms with Crippen molar-refractivity contribution in [1.82, 2.24) is 15.1 Å². The molecule has 1 aromatic carbocycles. The SMILES string of the molecule is Cc1onc(-c2nc3nc(C4(C(=O)O)CC4)sc3s2)c1NC(=O)OCc1ccccc1. The number of nitrogens with one attached hydrogen (secondary N) is 1. The Balaban J connectivity index is 1.35. The Bertz CT molecular complexity index is 1260. The highest BCUT2D eigenvalue weighted by Gasteiger charge is 2.54. The predicted octanol–water partition coefficient (Wildman–Crippen LogP) is 4.58. The van der Waals surface area contributed by atoms with Crippen LogP contribution in [0, 0.1) is 6.92 Å². The molecule has 1 fully saturated rings. The first-order valence-electron chi connectivity index (χ1n) is 9.42. The topological polar surface area (TPSA) is 127 Å². The Hall–Kier alpha value is -3.31. The van der Waals surface area contributed by atoms with Crippen LogP contribution in [0.2, 0.25) is 0 Å². The first kappa shape index (κ1) is 19.6. The highest BCUT2D eigenvalue weighted by atomic mass is 32.2. The third-order valence-electron chi connectivity index (χ3n) is 5.05. The summed E-state index contributed by atoms with van der Waals surface area (Å²) in [4.78, 5) is 32.8. The minimum absolute atomic E-state index is 0.136. The molecule has 2 N–H and O–H groups in total. The number of carboxylic acids is 1. The van der Waals surface area contributed by atoms with Crippen LogP contribution in [0.4, 0.5) is 10.5 Å². The first-order chi connectivity index (χ1) is 15.0. The summed E-state index contributed by atoms with van der Waals surface area (Å²) in [6.07, 6.45) is 0.558. The molecule has 1 aliphatic carbocycles. The molecule has 0 unspecified atom stereocenters. The van der Waals surface area contributed by atoms with E-state index in [9.17, 15) is 14.7 Å². The second-order valence-electron chi connectivity index (χ2n) is 7.19. The van der Waals surface area contributed by atoms with Crippen LogP contribution in [0.3, 0.4) is 0 Å². The lowest BCUT2D eigenvalue weighted by Gasteiger charge is -2.06. The zero-order chi connectivity index (χ0) is 21.6. The van der Waals surface area contributed by atoms with Gasteiger partial charge in [-0.3, -0.25) is 10.1 Å². The molecular weight excluding hydrogens is 440 g/mol. The number of ether oxygens (including phenoxy) is 1. The summed E-state index contributed by atoms with van der Waals surface area (Å²) in [5.41, 5.74) is 1.25. The number of fused-ring (bicyclic) bond motifs is 1. The summed E-state index contributed by atoms with van der Waals surface area (Å²) in [6.45, 7) is 1.82. The third-order valence-corrected chi connectivity index (χ3v) is 7.44. The molecule has 0 spiro atoms. The zero-order valence-electron chi connectivity index (χ0n) is 16.2. The van der Waals surface area contributed by atoms with Crippen molar-refractivity contribution in [3.63, 3.8) is 0 Å². The molecule has 3 aromatic heterocycles. The van der Waals surface area contributed by atoms with Crippen molar-refractivity contribution in [2.45, 2.75) is 31.8 Å². The quantitative estimate of drug-likeness (QED) is 0.431. The fourth-order valence-electron chi connectivity index (χ4n) is 3.12. The number of aliphatic carboxylic acids is 1. The second-order valence-corrected chi connectivity index (χ2v) is 9.44. The number of anilines is 1. The molecule has 0 saturated heterocycles. The van der Waals surface area contributed by atoms with E-state index < -0.39 is 17.5 Å². The highest BCUT2D eigenvalue weighted by Crippen LogP contribution is 2.51. The van der Waals surface area contributed by atoms with Crippen LogP contribution in [0.25, 0.3) is 20.4 Å². The Morgan fingerprint density at radius 2 is 2.00 bits per heavy atom. The lowest BCUT2D eigenvalue weighted by molar-refractivity contribution is -0.140. The predicted molar refractivity (Wildman–Crippen MR) is 114 cm³/mol. The highest BCUT2D eigenvalue weighted by molar-refractivity contribution is 7.39. The molecule has 0 bridgehead atoms. The van der Waals surface area contributed by atoms with Crippen LogP contribution in [0.15, 0.2) is 34.9 Å². The summed E-state index contributed by atoms with van der Waals surface area (Å²) < 4.78 is 11.3. The lowest BCUT2D eigenvalue weighted by atomic mass is 10.1. The van der Waals surface area contributed by atoms with Crippen LogP contribution in [0.5, 0.6) is 0 Å². The molecule has 0 atom stereocenters. The van der Waals surface area contributed by atoms with Gasteiger partial charge in [0, 0.05) is 0 Å². The van der Waals surface area contributed by atoms with Crippen LogP contribution >= 0.6 is 22.7 Å². The maximum Gasteiger partial charge on any atom is 0.412 e. The van der Waals surface area contributed by atoms with Gasteiger partial charge >= 0.3 is 12.1 Å². The first-order valence-corrected chi connectivity index (χ1v) is 11.1. The number of hydrogen-bond donors (Lipinski definition) is 2. The van der Waals surface area contributed by atoms with Gasteiger partial charge in [-0.2, -0.15) is 0 Å². The van der Waals surface area contributed by atoms with Crippen molar-refractivity contribution in [2.24, 2.45) is 0 Å². The van der Waals surface area contributed by atoms with Gasteiger partial charge in [0.15, 0.2) is 22.1 Å². The molecule has 1 saturated carbocycles. The summed E-state index contributed by atoms with van der Waals surface area (Å²) >= 11 is 2.67. The third kappa shape index (κ3) is 3.55. The number of nitrogens with zero attached hydrogens (tertiary/aromatic N) is 3. The summed E-state index contributed by atoms with van der Waals surface area (Å²) in [5, 5.41) is 17.3. The number of aromatic nitrogens is 3. The normalized spacial score (nSPS) is 14.5. The van der Waals surface area contributed by atoms with Crippen LogP contribution in [-0.2, 0) is 21.6 Å². The van der Waals surface area contributed by atoms with Gasteiger partial charge in [-0.15, -0.1) is 11.3 Å². The van der Waals surface area contributed by atoms with Gasteiger partial charge in [0.25, 0.3) is 0 Å². The van der Waals surface area contributed by atoms with Crippen molar-refractivity contribution < 1.29 is 24.0 Å². The number of aryl methyl sites for hydroxylation is 1. The van der Waals surface area contributed by atoms with Gasteiger partial charge in [-0.25, -0.2) is 14.8 Å². The molecular formula is C20H16N4O5S2. The Kier molecular flexibility index (Phi) is 4.71. The Morgan fingerprint density at radius 1 is 1.23 bits per heavy atom. The molecule has 0 aliphatic heterocycles. The van der Waals surface area contributed by atoms with Crippen molar-refractivity contribution in [3.8, 4) is 10.7 Å². The van der Waals surface area contributed by atoms with Gasteiger partial charge < -0.3 is 14.4 Å². The van der Waals surface area contributed by atoms with Gasteiger partial charge in [0.1, 0.15) is 26.7 Å². The van der Waals surface area contributed by atoms with E-state index in [2.05, 4.69) is 20.4 Å². The number of carbonyl (C=O) groups excluding carboxylic acids is 1. The van der Waals surface area contributed by atoms with E-state index in [4.69, 9.17) is 9.26 Å². The number of carboxylic acid groups (broad SMARTS) is 1. The average Bonchev–Trinajstić information content (AvgIpc) is 3.17. The van der Waals surface area contributed by atoms with Crippen LogP contribution in [0.1, 0.15) is 29.2 Å². The molecule has 9 nitrogen and oxygen atoms in total. The Morgan fingerprint density at radius 3 is 2.68 bits per heavy atom. The monoisotopic (exact) mass is 456 g/mol. The molecule has 158 valence electrons. The number of thiazole rings is 2. The molecule has 1 aliphatic rings. The summed E-state index contributed by atoms with van der Waals surface area (Å²) in [6, 6.07) is 9.35. The largest absolute Gasteiger partial charge is 0.481 e. The summed E-state index contributed by atoms with van der Waals surface area (Å²) in [5.74, 6) is -0.427. The maximum atomic E-state index is 12.3. The van der Waals surface area contributed by atoms with E-state index >= 15 is 0 Å². The molecule has 1 amide bonds. The van der Waals surface area contributed by atoms with E-state index in [1.54, 1.807) is 6.92 Å². The number of rotatable bonds is 6. The Labute approximate surface area is 183 Å². The van der Waals surface area contributed by atoms with Gasteiger partial charge in [-0.1, -0.05) is 46.8 Å². The van der Waals surface area contributed by atoms with E-state index in [1.807, 2.05) is 30.3 Å².